The number of hydrogen-bond acceptors (Lipinski definition) is 3. The van der Waals surface area contributed by atoms with E-state index in [1.165, 1.54) is 135 Å². The Morgan fingerprint density at radius 2 is 0.619 bits per heavy atom. The lowest BCUT2D eigenvalue weighted by Gasteiger charge is -2.06. The summed E-state index contributed by atoms with van der Waals surface area (Å²) in [6, 6.07) is 0. The number of unbranched alkanes of at least 4 members (excludes halogenated alkanes) is 24. The third-order valence-corrected chi connectivity index (χ3v) is 8.44. The molecule has 5 nitrogen and oxygen atoms in total. The summed E-state index contributed by atoms with van der Waals surface area (Å²) in [6.07, 6.45) is 35.6. The van der Waals surface area contributed by atoms with Crippen molar-refractivity contribution in [3.63, 3.8) is 0 Å². The Morgan fingerprint density at radius 3 is 0.929 bits per heavy atom. The Hall–Kier alpha value is -1.39. The SMILES string of the molecule is CCCCCCCCCCCCCC(=O)NCCCCCCCCCCC(=O)NCCCCCCCCCCC(C)=O. The van der Waals surface area contributed by atoms with Crippen molar-refractivity contribution in [2.24, 2.45) is 0 Å². The summed E-state index contributed by atoms with van der Waals surface area (Å²) in [5.74, 6) is 0.757. The molecule has 0 aromatic heterocycles. The molecule has 0 bridgehead atoms. The fourth-order valence-corrected chi connectivity index (χ4v) is 5.61. The van der Waals surface area contributed by atoms with E-state index >= 15 is 0 Å². The lowest BCUT2D eigenvalue weighted by molar-refractivity contribution is -0.122. The molecule has 0 aliphatic carbocycles. The second-order valence-electron chi connectivity index (χ2n) is 12.8. The van der Waals surface area contributed by atoms with Crippen LogP contribution in [-0.2, 0) is 14.4 Å². The molecule has 0 rings (SSSR count). The highest BCUT2D eigenvalue weighted by Crippen LogP contribution is 2.13. The van der Waals surface area contributed by atoms with E-state index in [-0.39, 0.29) is 11.8 Å². The van der Waals surface area contributed by atoms with E-state index < -0.39 is 0 Å². The van der Waals surface area contributed by atoms with Gasteiger partial charge in [0.15, 0.2) is 0 Å². The van der Waals surface area contributed by atoms with Crippen LogP contribution in [0.5, 0.6) is 0 Å². The Labute approximate surface area is 261 Å². The van der Waals surface area contributed by atoms with Gasteiger partial charge in [0.05, 0.1) is 0 Å². The largest absolute Gasteiger partial charge is 0.356 e. The van der Waals surface area contributed by atoms with Crippen molar-refractivity contribution in [2.75, 3.05) is 13.1 Å². The van der Waals surface area contributed by atoms with Gasteiger partial charge in [-0.3, -0.25) is 9.59 Å². The number of nitrogens with one attached hydrogen (secondary N) is 2. The van der Waals surface area contributed by atoms with Crippen molar-refractivity contribution in [3.05, 3.63) is 0 Å². The van der Waals surface area contributed by atoms with E-state index in [0.717, 1.165) is 58.0 Å². The zero-order valence-corrected chi connectivity index (χ0v) is 28.4. The van der Waals surface area contributed by atoms with Gasteiger partial charge in [0.1, 0.15) is 5.78 Å². The average molecular weight is 593 g/mol. The van der Waals surface area contributed by atoms with Gasteiger partial charge in [-0.15, -0.1) is 0 Å². The summed E-state index contributed by atoms with van der Waals surface area (Å²) in [6.45, 7) is 5.59. The zero-order chi connectivity index (χ0) is 30.8. The number of rotatable bonds is 34. The zero-order valence-electron chi connectivity index (χ0n) is 28.4. The van der Waals surface area contributed by atoms with Crippen LogP contribution in [0.25, 0.3) is 0 Å². The van der Waals surface area contributed by atoms with Crippen LogP contribution >= 0.6 is 0 Å². The molecule has 2 N–H and O–H groups in total. The van der Waals surface area contributed by atoms with Gasteiger partial charge in [-0.2, -0.15) is 0 Å². The third kappa shape index (κ3) is 34.8. The van der Waals surface area contributed by atoms with Crippen molar-refractivity contribution < 1.29 is 14.4 Å². The second kappa shape index (κ2) is 34.1. The first-order chi connectivity index (χ1) is 20.6. The molecule has 0 aromatic carbocycles. The van der Waals surface area contributed by atoms with E-state index in [0.29, 0.717) is 18.6 Å². The van der Waals surface area contributed by atoms with Gasteiger partial charge in [0.2, 0.25) is 11.8 Å². The molecule has 0 aliphatic heterocycles. The summed E-state index contributed by atoms with van der Waals surface area (Å²) in [4.78, 5) is 34.9. The standard InChI is InChI=1S/C37H72N2O3/c1-3-4-5-6-7-8-9-10-16-21-26-31-36(41)39-34-29-24-19-14-12-17-22-27-32-37(42)38-33-28-23-18-13-11-15-20-25-30-35(2)40/h3-34H2,1-2H3,(H,38,42)(H,39,41). The van der Waals surface area contributed by atoms with Gasteiger partial charge in [0.25, 0.3) is 0 Å². The molecular weight excluding hydrogens is 520 g/mol. The maximum Gasteiger partial charge on any atom is 0.219 e. The molecule has 0 saturated heterocycles. The molecule has 5 heteroatoms. The van der Waals surface area contributed by atoms with Gasteiger partial charge < -0.3 is 15.4 Å². The topological polar surface area (TPSA) is 75.3 Å². The molecule has 0 unspecified atom stereocenters. The lowest BCUT2D eigenvalue weighted by Crippen LogP contribution is -2.24. The molecule has 0 heterocycles. The summed E-state index contributed by atoms with van der Waals surface area (Å²) < 4.78 is 0. The molecule has 0 spiro atoms. The van der Waals surface area contributed by atoms with Gasteiger partial charge in [0, 0.05) is 32.4 Å². The number of Topliss-reactive ketones (excluding diaryl/α,β-unsaturated/α-hetero) is 1. The Kier molecular flexibility index (Phi) is 33.0. The Morgan fingerprint density at radius 1 is 0.357 bits per heavy atom. The van der Waals surface area contributed by atoms with Gasteiger partial charge in [-0.1, -0.05) is 148 Å². The smallest absolute Gasteiger partial charge is 0.219 e. The minimum absolute atomic E-state index is 0.214. The molecule has 0 aliphatic rings. The van der Waals surface area contributed by atoms with Gasteiger partial charge in [-0.05, 0) is 39.0 Å². The maximum atomic E-state index is 12.0. The normalized spacial score (nSPS) is 11.1. The van der Waals surface area contributed by atoms with Crippen molar-refractivity contribution in [3.8, 4) is 0 Å². The third-order valence-electron chi connectivity index (χ3n) is 8.44. The number of carbonyl (C=O) groups is 3. The van der Waals surface area contributed by atoms with Crippen LogP contribution in [0.15, 0.2) is 0 Å². The number of amides is 2. The van der Waals surface area contributed by atoms with Crippen molar-refractivity contribution >= 4 is 17.6 Å². The van der Waals surface area contributed by atoms with Crippen LogP contribution in [0.3, 0.4) is 0 Å². The predicted molar refractivity (Wildman–Crippen MR) is 181 cm³/mol. The number of ketones is 1. The summed E-state index contributed by atoms with van der Waals surface area (Å²) in [5, 5.41) is 6.18. The Bertz CT molecular complexity index is 608. The van der Waals surface area contributed by atoms with Crippen molar-refractivity contribution in [2.45, 2.75) is 206 Å². The molecule has 0 radical (unpaired) electrons. The van der Waals surface area contributed by atoms with E-state index in [2.05, 4.69) is 17.6 Å². The molecule has 0 atom stereocenters. The van der Waals surface area contributed by atoms with Crippen LogP contribution in [-0.4, -0.2) is 30.7 Å². The maximum absolute atomic E-state index is 12.0. The minimum atomic E-state index is 0.214. The summed E-state index contributed by atoms with van der Waals surface area (Å²) >= 11 is 0. The quantitative estimate of drug-likeness (QED) is 0.0730. The molecule has 2 amide bonds. The van der Waals surface area contributed by atoms with Gasteiger partial charge in [-0.25, -0.2) is 0 Å². The monoisotopic (exact) mass is 593 g/mol. The van der Waals surface area contributed by atoms with Crippen molar-refractivity contribution in [1.29, 1.82) is 0 Å². The summed E-state index contributed by atoms with van der Waals surface area (Å²) in [5.41, 5.74) is 0. The first-order valence-electron chi connectivity index (χ1n) is 18.6. The Balaban J connectivity index is 3.24. The van der Waals surface area contributed by atoms with E-state index in [9.17, 15) is 14.4 Å². The van der Waals surface area contributed by atoms with Crippen LogP contribution in [0.2, 0.25) is 0 Å². The molecule has 42 heavy (non-hydrogen) atoms. The molecule has 0 aromatic rings. The van der Waals surface area contributed by atoms with Crippen LogP contribution in [0.4, 0.5) is 0 Å². The lowest BCUT2D eigenvalue weighted by atomic mass is 10.1. The van der Waals surface area contributed by atoms with E-state index in [1.54, 1.807) is 6.92 Å². The van der Waals surface area contributed by atoms with Crippen molar-refractivity contribution in [1.82, 2.24) is 10.6 Å². The highest BCUT2D eigenvalue weighted by Gasteiger charge is 2.02. The highest BCUT2D eigenvalue weighted by atomic mass is 16.2. The molecule has 0 fully saturated rings. The highest BCUT2D eigenvalue weighted by molar-refractivity contribution is 5.76. The molecular formula is C37H72N2O3. The van der Waals surface area contributed by atoms with Crippen LogP contribution in [0, 0.1) is 0 Å². The van der Waals surface area contributed by atoms with E-state index in [4.69, 9.17) is 0 Å². The molecule has 0 saturated carbocycles. The number of carbonyl (C=O) groups excluding carboxylic acids is 3. The van der Waals surface area contributed by atoms with Gasteiger partial charge >= 0.3 is 0 Å². The minimum Gasteiger partial charge on any atom is -0.356 e. The number of hydrogen-bond donors (Lipinski definition) is 2. The summed E-state index contributed by atoms with van der Waals surface area (Å²) in [7, 11) is 0. The average Bonchev–Trinajstić information content (AvgIpc) is 2.97. The second-order valence-corrected chi connectivity index (χ2v) is 12.8. The van der Waals surface area contributed by atoms with Crippen LogP contribution in [0.1, 0.15) is 206 Å². The van der Waals surface area contributed by atoms with Crippen LogP contribution < -0.4 is 10.6 Å². The first kappa shape index (κ1) is 40.6. The fourth-order valence-electron chi connectivity index (χ4n) is 5.61. The predicted octanol–water partition coefficient (Wildman–Crippen LogP) is 10.5. The molecule has 248 valence electrons. The first-order valence-corrected chi connectivity index (χ1v) is 18.6. The fraction of sp³-hybridized carbons (Fsp3) is 0.919. The van der Waals surface area contributed by atoms with E-state index in [1.807, 2.05) is 0 Å².